The molecule has 33 heavy (non-hydrogen) atoms. The van der Waals surface area contributed by atoms with Gasteiger partial charge in [0.1, 0.15) is 5.82 Å². The second-order valence-electron chi connectivity index (χ2n) is 9.03. The molecule has 1 aliphatic carbocycles. The van der Waals surface area contributed by atoms with Crippen LogP contribution < -0.4 is 10.6 Å². The number of aliphatic hydroxyl groups excluding tert-OH is 1. The molecule has 1 saturated carbocycles. The van der Waals surface area contributed by atoms with Crippen molar-refractivity contribution in [3.8, 4) is 0 Å². The van der Waals surface area contributed by atoms with E-state index in [2.05, 4.69) is 15.6 Å². The van der Waals surface area contributed by atoms with Gasteiger partial charge in [-0.2, -0.15) is 0 Å². The Morgan fingerprint density at radius 3 is 2.64 bits per heavy atom. The number of aryl methyl sites for hydroxylation is 1. The van der Waals surface area contributed by atoms with Crippen LogP contribution in [0.2, 0.25) is 0 Å². The van der Waals surface area contributed by atoms with Crippen LogP contribution in [0, 0.1) is 12.8 Å². The second-order valence-corrected chi connectivity index (χ2v) is 10.3. The summed E-state index contributed by atoms with van der Waals surface area (Å²) in [6, 6.07) is 5.64. The van der Waals surface area contributed by atoms with Crippen LogP contribution in [0.4, 0.5) is 10.9 Å². The summed E-state index contributed by atoms with van der Waals surface area (Å²) in [4.78, 5) is 38.6. The first-order valence-electron chi connectivity index (χ1n) is 11.9. The van der Waals surface area contributed by atoms with E-state index in [1.807, 2.05) is 30.0 Å². The zero-order chi connectivity index (χ0) is 23.3. The van der Waals surface area contributed by atoms with Crippen molar-refractivity contribution in [1.82, 2.24) is 20.2 Å². The van der Waals surface area contributed by atoms with Crippen molar-refractivity contribution in [2.75, 3.05) is 31.6 Å². The lowest BCUT2D eigenvalue weighted by molar-refractivity contribution is -0.141. The minimum Gasteiger partial charge on any atom is -0.395 e. The van der Waals surface area contributed by atoms with Crippen molar-refractivity contribution in [2.24, 2.45) is 5.92 Å². The zero-order valence-electron chi connectivity index (χ0n) is 19.2. The maximum atomic E-state index is 13.3. The van der Waals surface area contributed by atoms with Crippen molar-refractivity contribution in [3.63, 3.8) is 0 Å². The molecule has 2 aromatic heterocycles. The van der Waals surface area contributed by atoms with Crippen LogP contribution in [0.5, 0.6) is 0 Å². The van der Waals surface area contributed by atoms with Gasteiger partial charge in [0.05, 0.1) is 17.7 Å². The molecule has 0 radical (unpaired) electrons. The van der Waals surface area contributed by atoms with E-state index in [9.17, 15) is 14.7 Å². The van der Waals surface area contributed by atoms with Gasteiger partial charge in [-0.25, -0.2) is 9.97 Å². The van der Waals surface area contributed by atoms with Crippen LogP contribution in [-0.2, 0) is 15.0 Å². The Bertz CT molecular complexity index is 965. The Morgan fingerprint density at radius 1 is 1.21 bits per heavy atom. The van der Waals surface area contributed by atoms with E-state index in [1.165, 1.54) is 6.42 Å². The first-order chi connectivity index (χ1) is 16.0. The van der Waals surface area contributed by atoms with Crippen LogP contribution in [-0.4, -0.2) is 58.0 Å². The third kappa shape index (κ3) is 5.35. The third-order valence-electron chi connectivity index (χ3n) is 6.81. The number of carbonyl (C=O) groups excluding carboxylic acids is 2. The van der Waals surface area contributed by atoms with E-state index in [-0.39, 0.29) is 30.9 Å². The van der Waals surface area contributed by atoms with E-state index < -0.39 is 5.41 Å². The van der Waals surface area contributed by atoms with Gasteiger partial charge in [-0.3, -0.25) is 9.59 Å². The number of piperidine rings is 1. The smallest absolute Gasteiger partial charge is 0.232 e. The zero-order valence-corrected chi connectivity index (χ0v) is 20.0. The number of hydrogen-bond acceptors (Lipinski definition) is 7. The highest BCUT2D eigenvalue weighted by atomic mass is 32.1. The lowest BCUT2D eigenvalue weighted by Gasteiger charge is -2.41. The summed E-state index contributed by atoms with van der Waals surface area (Å²) in [6.07, 6.45) is 8.24. The number of nitrogens with zero attached hydrogens (tertiary/aromatic N) is 3. The summed E-state index contributed by atoms with van der Waals surface area (Å²) < 4.78 is 0. The Hall–Kier alpha value is -2.52. The van der Waals surface area contributed by atoms with Crippen LogP contribution in [0.1, 0.15) is 55.5 Å². The standard InChI is InChI=1S/C24H33N5O3S/c1-17-16-26-23(33-17)28-20-9-5-8-19(27-20)24(22(32)25-12-15-30)10-13-29(14-11-24)21(31)18-6-3-2-4-7-18/h5,8-9,16,18,30H,2-4,6-7,10-15H2,1H3,(H,25,32)(H,26,27,28). The molecule has 3 heterocycles. The molecule has 8 nitrogen and oxygen atoms in total. The minimum atomic E-state index is -0.838. The first-order valence-corrected chi connectivity index (χ1v) is 12.7. The molecule has 0 spiro atoms. The fourth-order valence-electron chi connectivity index (χ4n) is 4.95. The Balaban J connectivity index is 1.54. The van der Waals surface area contributed by atoms with Gasteiger partial charge in [0.15, 0.2) is 5.13 Å². The minimum absolute atomic E-state index is 0.119. The van der Waals surface area contributed by atoms with Gasteiger partial charge in [-0.05, 0) is 44.7 Å². The van der Waals surface area contributed by atoms with Crippen molar-refractivity contribution in [3.05, 3.63) is 35.0 Å². The number of aliphatic hydroxyl groups is 1. The molecule has 9 heteroatoms. The van der Waals surface area contributed by atoms with Crippen LogP contribution in [0.25, 0.3) is 0 Å². The van der Waals surface area contributed by atoms with Gasteiger partial charge in [-0.1, -0.05) is 25.3 Å². The molecular formula is C24H33N5O3S. The molecule has 0 aromatic carbocycles. The molecule has 178 valence electrons. The normalized spacial score (nSPS) is 18.7. The maximum absolute atomic E-state index is 13.3. The van der Waals surface area contributed by atoms with E-state index in [0.29, 0.717) is 37.4 Å². The number of anilines is 2. The topological polar surface area (TPSA) is 107 Å². The van der Waals surface area contributed by atoms with E-state index >= 15 is 0 Å². The fourth-order valence-corrected chi connectivity index (χ4v) is 5.62. The van der Waals surface area contributed by atoms with Crippen molar-refractivity contribution >= 4 is 34.1 Å². The number of likely N-dealkylation sites (tertiary alicyclic amines) is 1. The van der Waals surface area contributed by atoms with Gasteiger partial charge < -0.3 is 20.6 Å². The fraction of sp³-hybridized carbons (Fsp3) is 0.583. The highest BCUT2D eigenvalue weighted by Gasteiger charge is 2.45. The highest BCUT2D eigenvalue weighted by molar-refractivity contribution is 7.15. The highest BCUT2D eigenvalue weighted by Crippen LogP contribution is 2.37. The number of aromatic nitrogens is 2. The van der Waals surface area contributed by atoms with Gasteiger partial charge in [-0.15, -0.1) is 11.3 Å². The van der Waals surface area contributed by atoms with Gasteiger partial charge in [0, 0.05) is 36.6 Å². The Labute approximate surface area is 198 Å². The lowest BCUT2D eigenvalue weighted by Crippen LogP contribution is -2.54. The van der Waals surface area contributed by atoms with E-state index in [1.54, 1.807) is 17.5 Å². The largest absolute Gasteiger partial charge is 0.395 e. The van der Waals surface area contributed by atoms with E-state index in [4.69, 9.17) is 4.98 Å². The van der Waals surface area contributed by atoms with Gasteiger partial charge >= 0.3 is 0 Å². The Kier molecular flexibility index (Phi) is 7.60. The SMILES string of the molecule is Cc1cnc(Nc2cccc(C3(C(=O)NCCO)CCN(C(=O)C4CCCCC4)CC3)n2)s1. The second kappa shape index (κ2) is 10.6. The number of pyridine rings is 1. The first kappa shape index (κ1) is 23.6. The lowest BCUT2D eigenvalue weighted by atomic mass is 9.74. The predicted octanol–water partition coefficient (Wildman–Crippen LogP) is 3.14. The number of nitrogens with one attached hydrogen (secondary N) is 2. The molecule has 0 unspecified atom stereocenters. The monoisotopic (exact) mass is 471 g/mol. The van der Waals surface area contributed by atoms with Crippen LogP contribution in [0.15, 0.2) is 24.4 Å². The molecule has 1 saturated heterocycles. The Morgan fingerprint density at radius 2 is 1.97 bits per heavy atom. The van der Waals surface area contributed by atoms with Gasteiger partial charge in [0.2, 0.25) is 11.8 Å². The average Bonchev–Trinajstić information content (AvgIpc) is 3.27. The number of amides is 2. The summed E-state index contributed by atoms with van der Waals surface area (Å²) >= 11 is 1.54. The molecule has 2 fully saturated rings. The molecule has 2 aromatic rings. The summed E-state index contributed by atoms with van der Waals surface area (Å²) in [5.74, 6) is 0.858. The molecule has 1 aliphatic heterocycles. The van der Waals surface area contributed by atoms with Crippen LogP contribution in [0.3, 0.4) is 0 Å². The molecule has 4 rings (SSSR count). The molecule has 0 bridgehead atoms. The summed E-state index contributed by atoms with van der Waals surface area (Å²) in [7, 11) is 0. The summed E-state index contributed by atoms with van der Waals surface area (Å²) in [6.45, 7) is 3.14. The predicted molar refractivity (Wildman–Crippen MR) is 129 cm³/mol. The number of thiazole rings is 1. The molecule has 2 amide bonds. The van der Waals surface area contributed by atoms with Crippen LogP contribution >= 0.6 is 11.3 Å². The molecule has 2 aliphatic rings. The number of rotatable bonds is 7. The molecular weight excluding hydrogens is 438 g/mol. The number of hydrogen-bond donors (Lipinski definition) is 3. The third-order valence-corrected chi connectivity index (χ3v) is 7.64. The molecule has 0 atom stereocenters. The van der Waals surface area contributed by atoms with Crippen molar-refractivity contribution in [1.29, 1.82) is 0 Å². The average molecular weight is 472 g/mol. The maximum Gasteiger partial charge on any atom is 0.232 e. The van der Waals surface area contributed by atoms with Crippen molar-refractivity contribution < 1.29 is 14.7 Å². The quantitative estimate of drug-likeness (QED) is 0.573. The van der Waals surface area contributed by atoms with Gasteiger partial charge in [0.25, 0.3) is 0 Å². The van der Waals surface area contributed by atoms with Crippen molar-refractivity contribution in [2.45, 2.75) is 57.3 Å². The number of carbonyl (C=O) groups is 2. The summed E-state index contributed by atoms with van der Waals surface area (Å²) in [5, 5.41) is 16.1. The summed E-state index contributed by atoms with van der Waals surface area (Å²) in [5.41, 5.74) is -0.157. The van der Waals surface area contributed by atoms with E-state index in [0.717, 1.165) is 35.7 Å². The molecule has 3 N–H and O–H groups in total.